The van der Waals surface area contributed by atoms with E-state index in [2.05, 4.69) is 34.6 Å². The van der Waals surface area contributed by atoms with Gasteiger partial charge in [0, 0.05) is 28.9 Å². The Bertz CT molecular complexity index is 462. The molecule has 1 saturated heterocycles. The minimum Gasteiger partial charge on any atom is -0.361 e. The molecular formula is C14H20N2OS2. The highest BCUT2D eigenvalue weighted by Gasteiger charge is 2.20. The van der Waals surface area contributed by atoms with Crippen LogP contribution in [-0.2, 0) is 17.2 Å². The van der Waals surface area contributed by atoms with Gasteiger partial charge in [0.15, 0.2) is 5.17 Å². The van der Waals surface area contributed by atoms with Gasteiger partial charge < -0.3 is 5.32 Å². The topological polar surface area (TPSA) is 41.5 Å². The Morgan fingerprint density at radius 3 is 2.89 bits per heavy atom. The molecule has 5 heteroatoms. The molecule has 3 unspecified atom stereocenters. The summed E-state index contributed by atoms with van der Waals surface area (Å²) in [7, 11) is -0.795. The lowest BCUT2D eigenvalue weighted by atomic mass is 10.1. The number of thioether (sulfide) groups is 1. The molecule has 1 fully saturated rings. The van der Waals surface area contributed by atoms with Crippen molar-refractivity contribution in [3.8, 4) is 0 Å². The second-order valence-corrected chi connectivity index (χ2v) is 7.61. The third-order valence-corrected chi connectivity index (χ3v) is 5.50. The predicted molar refractivity (Wildman–Crippen MR) is 85.4 cm³/mol. The maximum absolute atomic E-state index is 11.3. The van der Waals surface area contributed by atoms with Crippen LogP contribution in [0.25, 0.3) is 0 Å². The number of benzene rings is 1. The molecule has 3 nitrogen and oxygen atoms in total. The number of hydrogen-bond acceptors (Lipinski definition) is 3. The predicted octanol–water partition coefficient (Wildman–Crippen LogP) is 2.06. The lowest BCUT2D eigenvalue weighted by molar-refractivity contribution is 0.675. The van der Waals surface area contributed by atoms with E-state index in [9.17, 15) is 4.21 Å². The monoisotopic (exact) mass is 296 g/mol. The van der Waals surface area contributed by atoms with Gasteiger partial charge >= 0.3 is 0 Å². The van der Waals surface area contributed by atoms with Crippen LogP contribution in [-0.4, -0.2) is 39.2 Å². The largest absolute Gasteiger partial charge is 0.361 e. The number of nitrogens with zero attached hydrogens (tertiary/aromatic N) is 1. The van der Waals surface area contributed by atoms with Crippen LogP contribution in [0.2, 0.25) is 0 Å². The van der Waals surface area contributed by atoms with E-state index < -0.39 is 10.8 Å². The summed E-state index contributed by atoms with van der Waals surface area (Å²) in [5.74, 6) is 1.05. The van der Waals surface area contributed by atoms with E-state index in [1.54, 1.807) is 18.0 Å². The van der Waals surface area contributed by atoms with Gasteiger partial charge in [-0.2, -0.15) is 0 Å². The van der Waals surface area contributed by atoms with E-state index in [0.29, 0.717) is 12.6 Å². The van der Waals surface area contributed by atoms with Crippen LogP contribution in [0.4, 0.5) is 0 Å². The van der Waals surface area contributed by atoms with Gasteiger partial charge in [0.25, 0.3) is 0 Å². The zero-order chi connectivity index (χ0) is 13.7. The Morgan fingerprint density at radius 2 is 2.21 bits per heavy atom. The third kappa shape index (κ3) is 4.66. The number of nitrogens with one attached hydrogen (secondary N) is 1. The van der Waals surface area contributed by atoms with Gasteiger partial charge in [-0.05, 0) is 18.9 Å². The second-order valence-electron chi connectivity index (χ2n) is 4.80. The van der Waals surface area contributed by atoms with Crippen LogP contribution in [0.15, 0.2) is 35.3 Å². The van der Waals surface area contributed by atoms with Crippen molar-refractivity contribution in [2.75, 3.05) is 18.6 Å². The molecule has 0 spiro atoms. The highest BCUT2D eigenvalue weighted by atomic mass is 32.2. The van der Waals surface area contributed by atoms with Crippen molar-refractivity contribution in [3.05, 3.63) is 35.9 Å². The lowest BCUT2D eigenvalue weighted by Crippen LogP contribution is -2.29. The van der Waals surface area contributed by atoms with Gasteiger partial charge in [-0.3, -0.25) is 9.20 Å². The highest BCUT2D eigenvalue weighted by molar-refractivity contribution is 8.14. The fourth-order valence-corrected chi connectivity index (χ4v) is 3.11. The summed E-state index contributed by atoms with van der Waals surface area (Å²) < 4.78 is 11.3. The second kappa shape index (κ2) is 7.10. The summed E-state index contributed by atoms with van der Waals surface area (Å²) in [4.78, 5) is 4.51. The number of amidine groups is 1. The molecule has 0 saturated carbocycles. The molecule has 3 atom stereocenters. The fraction of sp³-hybridized carbons (Fsp3) is 0.500. The summed E-state index contributed by atoms with van der Waals surface area (Å²) in [5.41, 5.74) is 1.35. The van der Waals surface area contributed by atoms with Crippen molar-refractivity contribution in [3.63, 3.8) is 0 Å². The molecule has 0 aliphatic carbocycles. The SMILES string of the molecule is CC(CN=C1NC(Cc2ccccc2)CS1)S(C)=O. The molecular weight excluding hydrogens is 276 g/mol. The Kier molecular flexibility index (Phi) is 5.45. The molecule has 0 bridgehead atoms. The zero-order valence-corrected chi connectivity index (χ0v) is 13.0. The average Bonchev–Trinajstić information content (AvgIpc) is 2.84. The summed E-state index contributed by atoms with van der Waals surface area (Å²) >= 11 is 1.76. The standard InChI is InChI=1S/C14H20N2OS2/c1-11(19(2)17)9-15-14-16-13(10-18-14)8-12-6-4-3-5-7-12/h3-7,11,13H,8-10H2,1-2H3,(H,15,16). The van der Waals surface area contributed by atoms with E-state index in [0.717, 1.165) is 17.3 Å². The molecule has 1 aromatic carbocycles. The maximum atomic E-state index is 11.3. The Morgan fingerprint density at radius 1 is 1.47 bits per heavy atom. The Labute approximate surface area is 121 Å². The summed E-state index contributed by atoms with van der Waals surface area (Å²) in [6.07, 6.45) is 2.76. The van der Waals surface area contributed by atoms with Gasteiger partial charge in [0.05, 0.1) is 11.8 Å². The lowest BCUT2D eigenvalue weighted by Gasteiger charge is -2.10. The van der Waals surface area contributed by atoms with E-state index >= 15 is 0 Å². The molecule has 19 heavy (non-hydrogen) atoms. The zero-order valence-electron chi connectivity index (χ0n) is 11.3. The van der Waals surface area contributed by atoms with Gasteiger partial charge in [0.2, 0.25) is 0 Å². The van der Waals surface area contributed by atoms with Crippen LogP contribution >= 0.6 is 11.8 Å². The molecule has 0 amide bonds. The van der Waals surface area contributed by atoms with Crippen LogP contribution < -0.4 is 5.32 Å². The van der Waals surface area contributed by atoms with E-state index in [1.807, 2.05) is 13.0 Å². The first-order valence-electron chi connectivity index (χ1n) is 6.45. The van der Waals surface area contributed by atoms with Crippen LogP contribution in [0.3, 0.4) is 0 Å². The van der Waals surface area contributed by atoms with Crippen LogP contribution in [0, 0.1) is 0 Å². The molecule has 1 heterocycles. The molecule has 1 aliphatic rings. The van der Waals surface area contributed by atoms with E-state index in [-0.39, 0.29) is 5.25 Å². The molecule has 104 valence electrons. The summed E-state index contributed by atoms with van der Waals surface area (Å²) in [6, 6.07) is 11.0. The normalized spacial score (nSPS) is 24.1. The first kappa shape index (κ1) is 14.6. The van der Waals surface area contributed by atoms with Crippen molar-refractivity contribution in [1.82, 2.24) is 5.32 Å². The maximum Gasteiger partial charge on any atom is 0.156 e. The molecule has 0 aromatic heterocycles. The minimum absolute atomic E-state index is 0.128. The van der Waals surface area contributed by atoms with Crippen molar-refractivity contribution in [1.29, 1.82) is 0 Å². The molecule has 2 rings (SSSR count). The Balaban J connectivity index is 1.83. The van der Waals surface area contributed by atoms with Crippen molar-refractivity contribution >= 4 is 27.7 Å². The van der Waals surface area contributed by atoms with Gasteiger partial charge in [-0.1, -0.05) is 42.1 Å². The molecule has 1 aliphatic heterocycles. The third-order valence-electron chi connectivity index (χ3n) is 3.13. The average molecular weight is 296 g/mol. The molecule has 1 aromatic rings. The molecule has 0 radical (unpaired) electrons. The number of rotatable bonds is 5. The number of hydrogen-bond donors (Lipinski definition) is 1. The van der Waals surface area contributed by atoms with Crippen molar-refractivity contribution in [2.24, 2.45) is 4.99 Å². The van der Waals surface area contributed by atoms with Crippen LogP contribution in [0.1, 0.15) is 12.5 Å². The van der Waals surface area contributed by atoms with Crippen LogP contribution in [0.5, 0.6) is 0 Å². The Hall–Kier alpha value is -0.810. The van der Waals surface area contributed by atoms with Gasteiger partial charge in [-0.25, -0.2) is 0 Å². The first-order chi connectivity index (χ1) is 9.15. The van der Waals surface area contributed by atoms with Gasteiger partial charge in [0.1, 0.15) is 0 Å². The number of aliphatic imine (C=N–C) groups is 1. The van der Waals surface area contributed by atoms with Gasteiger partial charge in [-0.15, -0.1) is 0 Å². The summed E-state index contributed by atoms with van der Waals surface area (Å²) in [5, 5.41) is 4.57. The quantitative estimate of drug-likeness (QED) is 0.904. The highest BCUT2D eigenvalue weighted by Crippen LogP contribution is 2.17. The smallest absolute Gasteiger partial charge is 0.156 e. The van der Waals surface area contributed by atoms with Crippen molar-refractivity contribution in [2.45, 2.75) is 24.6 Å². The first-order valence-corrected chi connectivity index (χ1v) is 9.06. The van der Waals surface area contributed by atoms with E-state index in [4.69, 9.17) is 0 Å². The van der Waals surface area contributed by atoms with E-state index in [1.165, 1.54) is 5.56 Å². The summed E-state index contributed by atoms with van der Waals surface area (Å²) in [6.45, 7) is 2.61. The fourth-order valence-electron chi connectivity index (χ4n) is 1.85. The minimum atomic E-state index is -0.795. The van der Waals surface area contributed by atoms with Crippen molar-refractivity contribution < 1.29 is 4.21 Å². The molecule has 1 N–H and O–H groups in total.